The van der Waals surface area contributed by atoms with Gasteiger partial charge in [-0.3, -0.25) is 0 Å². The molecule has 1 N–H and O–H groups in total. The van der Waals surface area contributed by atoms with E-state index in [0.717, 1.165) is 18.4 Å². The number of hydrogen-bond donors (Lipinski definition) is 1. The Labute approximate surface area is 79.4 Å². The van der Waals surface area contributed by atoms with Crippen LogP contribution in [0.2, 0.25) is 0 Å². The summed E-state index contributed by atoms with van der Waals surface area (Å²) in [5, 5.41) is 8.46. The Hall–Kier alpha value is -0.830. The van der Waals surface area contributed by atoms with Crippen LogP contribution in [0.3, 0.4) is 0 Å². The molecule has 0 saturated carbocycles. The Kier molecular flexibility index (Phi) is 6.24. The van der Waals surface area contributed by atoms with E-state index in [9.17, 15) is 4.79 Å². The van der Waals surface area contributed by atoms with Gasteiger partial charge in [0.15, 0.2) is 0 Å². The molecule has 0 aliphatic rings. The first-order chi connectivity index (χ1) is 6.17. The first-order valence-electron chi connectivity index (χ1n) is 4.63. The highest BCUT2D eigenvalue weighted by molar-refractivity contribution is 5.88. The number of ether oxygens (including phenoxy) is 1. The Bertz CT molecular complexity index is 188. The third-order valence-electron chi connectivity index (χ3n) is 2.01. The highest BCUT2D eigenvalue weighted by atomic mass is 16.5. The molecule has 0 aromatic rings. The molecule has 0 spiro atoms. The molecular formula is C10H18O3. The smallest absolute Gasteiger partial charge is 0.333 e. The molecule has 0 atom stereocenters. The van der Waals surface area contributed by atoms with Gasteiger partial charge in [-0.1, -0.05) is 19.4 Å². The molecule has 0 aliphatic carbocycles. The largest absolute Gasteiger partial charge is 0.460 e. The Morgan fingerprint density at radius 3 is 2.23 bits per heavy atom. The van der Waals surface area contributed by atoms with Gasteiger partial charge in [-0.2, -0.15) is 0 Å². The van der Waals surface area contributed by atoms with Crippen molar-refractivity contribution in [2.45, 2.75) is 33.6 Å². The van der Waals surface area contributed by atoms with Gasteiger partial charge in [0.05, 0.1) is 6.61 Å². The van der Waals surface area contributed by atoms with Crippen molar-refractivity contribution in [2.75, 3.05) is 13.2 Å². The summed E-state index contributed by atoms with van der Waals surface area (Å²) >= 11 is 0. The van der Waals surface area contributed by atoms with Crippen molar-refractivity contribution in [3.8, 4) is 0 Å². The van der Waals surface area contributed by atoms with Crippen LogP contribution >= 0.6 is 0 Å². The summed E-state index contributed by atoms with van der Waals surface area (Å²) in [7, 11) is 0. The lowest BCUT2D eigenvalue weighted by Crippen LogP contribution is -2.10. The monoisotopic (exact) mass is 186 g/mol. The Morgan fingerprint density at radius 2 is 1.85 bits per heavy atom. The molecule has 0 unspecified atom stereocenters. The van der Waals surface area contributed by atoms with Crippen molar-refractivity contribution in [2.24, 2.45) is 0 Å². The second kappa shape index (κ2) is 6.66. The number of esters is 1. The van der Waals surface area contributed by atoms with E-state index in [4.69, 9.17) is 9.84 Å². The van der Waals surface area contributed by atoms with Crippen LogP contribution < -0.4 is 0 Å². The number of carbonyl (C=O) groups excluding carboxylic acids is 1. The van der Waals surface area contributed by atoms with E-state index in [0.29, 0.717) is 5.57 Å². The van der Waals surface area contributed by atoms with Gasteiger partial charge in [-0.25, -0.2) is 4.79 Å². The quantitative estimate of drug-likeness (QED) is 0.524. The summed E-state index contributed by atoms with van der Waals surface area (Å²) in [4.78, 5) is 11.3. The number of allylic oxidation sites excluding steroid dienone is 1. The molecule has 0 aliphatic heterocycles. The normalized spacial score (nSPS) is 9.54. The van der Waals surface area contributed by atoms with E-state index in [1.165, 1.54) is 0 Å². The zero-order chi connectivity index (χ0) is 10.3. The number of aliphatic hydroxyl groups is 1. The van der Waals surface area contributed by atoms with Crippen molar-refractivity contribution < 1.29 is 14.6 Å². The van der Waals surface area contributed by atoms with Gasteiger partial charge >= 0.3 is 5.97 Å². The molecular weight excluding hydrogens is 168 g/mol. The summed E-state index contributed by atoms with van der Waals surface area (Å²) < 4.78 is 4.79. The maximum absolute atomic E-state index is 11.3. The molecule has 3 nitrogen and oxygen atoms in total. The predicted octanol–water partition coefficient (Wildman–Crippen LogP) is 1.66. The fourth-order valence-corrected chi connectivity index (χ4v) is 1.17. The maximum atomic E-state index is 11.3. The van der Waals surface area contributed by atoms with Crippen molar-refractivity contribution in [3.05, 3.63) is 11.1 Å². The van der Waals surface area contributed by atoms with Crippen molar-refractivity contribution in [1.82, 2.24) is 0 Å². The van der Waals surface area contributed by atoms with E-state index >= 15 is 0 Å². The van der Waals surface area contributed by atoms with Gasteiger partial charge in [-0.15, -0.1) is 0 Å². The highest BCUT2D eigenvalue weighted by Gasteiger charge is 2.08. The summed E-state index contributed by atoms with van der Waals surface area (Å²) in [6.45, 7) is 5.76. The summed E-state index contributed by atoms with van der Waals surface area (Å²) in [5.41, 5.74) is 1.79. The van der Waals surface area contributed by atoms with Crippen LogP contribution in [0.4, 0.5) is 0 Å². The van der Waals surface area contributed by atoms with Crippen LogP contribution in [0.15, 0.2) is 11.1 Å². The van der Waals surface area contributed by atoms with Gasteiger partial charge in [0.1, 0.15) is 6.61 Å². The molecule has 3 heteroatoms. The zero-order valence-corrected chi connectivity index (χ0v) is 8.59. The average Bonchev–Trinajstić information content (AvgIpc) is 2.15. The van der Waals surface area contributed by atoms with Crippen molar-refractivity contribution in [3.63, 3.8) is 0 Å². The molecule has 0 bridgehead atoms. The number of aliphatic hydroxyl groups excluding tert-OH is 1. The molecule has 0 rings (SSSR count). The van der Waals surface area contributed by atoms with Crippen LogP contribution in [0.5, 0.6) is 0 Å². The third kappa shape index (κ3) is 4.08. The second-order valence-corrected chi connectivity index (χ2v) is 2.80. The molecule has 0 aromatic carbocycles. The summed E-state index contributed by atoms with van der Waals surface area (Å²) in [6, 6.07) is 0. The molecule has 0 amide bonds. The highest BCUT2D eigenvalue weighted by Crippen LogP contribution is 2.13. The minimum atomic E-state index is -0.312. The zero-order valence-electron chi connectivity index (χ0n) is 8.59. The van der Waals surface area contributed by atoms with Crippen molar-refractivity contribution in [1.29, 1.82) is 0 Å². The molecule has 0 aromatic heterocycles. The van der Waals surface area contributed by atoms with E-state index in [-0.39, 0.29) is 19.2 Å². The number of carbonyl (C=O) groups is 1. The summed E-state index contributed by atoms with van der Waals surface area (Å²) in [5.74, 6) is -0.312. The topological polar surface area (TPSA) is 46.5 Å². The van der Waals surface area contributed by atoms with Crippen LogP contribution in [0, 0.1) is 0 Å². The molecule has 0 radical (unpaired) electrons. The Morgan fingerprint density at radius 1 is 1.31 bits per heavy atom. The van der Waals surface area contributed by atoms with Crippen molar-refractivity contribution >= 4 is 5.97 Å². The van der Waals surface area contributed by atoms with E-state index < -0.39 is 0 Å². The third-order valence-corrected chi connectivity index (χ3v) is 2.01. The van der Waals surface area contributed by atoms with E-state index in [2.05, 4.69) is 0 Å². The average molecular weight is 186 g/mol. The minimum Gasteiger partial charge on any atom is -0.460 e. The lowest BCUT2D eigenvalue weighted by Gasteiger charge is -2.07. The number of rotatable bonds is 5. The second-order valence-electron chi connectivity index (χ2n) is 2.80. The molecule has 13 heavy (non-hydrogen) atoms. The minimum absolute atomic E-state index is 0.0802. The first kappa shape index (κ1) is 12.2. The van der Waals surface area contributed by atoms with Crippen LogP contribution in [-0.4, -0.2) is 24.3 Å². The standard InChI is InChI=1S/C10H18O3/c1-4-9(5-2)8(3)10(12)13-7-6-11/h11H,4-7H2,1-3H3. The van der Waals surface area contributed by atoms with E-state index in [1.807, 2.05) is 13.8 Å². The van der Waals surface area contributed by atoms with E-state index in [1.54, 1.807) is 6.92 Å². The first-order valence-corrected chi connectivity index (χ1v) is 4.63. The fourth-order valence-electron chi connectivity index (χ4n) is 1.17. The van der Waals surface area contributed by atoms with Gasteiger partial charge in [0.25, 0.3) is 0 Å². The summed E-state index contributed by atoms with van der Waals surface area (Å²) in [6.07, 6.45) is 1.74. The molecule has 0 saturated heterocycles. The maximum Gasteiger partial charge on any atom is 0.333 e. The lowest BCUT2D eigenvalue weighted by atomic mass is 10.1. The molecule has 0 fully saturated rings. The van der Waals surface area contributed by atoms with Crippen LogP contribution in [-0.2, 0) is 9.53 Å². The lowest BCUT2D eigenvalue weighted by molar-refractivity contribution is -0.140. The molecule has 0 heterocycles. The molecule has 76 valence electrons. The van der Waals surface area contributed by atoms with Gasteiger partial charge in [0, 0.05) is 5.57 Å². The predicted molar refractivity (Wildman–Crippen MR) is 51.3 cm³/mol. The van der Waals surface area contributed by atoms with Gasteiger partial charge in [0.2, 0.25) is 0 Å². The fraction of sp³-hybridized carbons (Fsp3) is 0.700. The van der Waals surface area contributed by atoms with Crippen LogP contribution in [0.1, 0.15) is 33.6 Å². The SMILES string of the molecule is CCC(CC)=C(C)C(=O)OCCO. The van der Waals surface area contributed by atoms with Crippen LogP contribution in [0.25, 0.3) is 0 Å². The van der Waals surface area contributed by atoms with Gasteiger partial charge < -0.3 is 9.84 Å². The number of hydrogen-bond acceptors (Lipinski definition) is 3. The Balaban J connectivity index is 4.28. The van der Waals surface area contributed by atoms with Gasteiger partial charge in [-0.05, 0) is 19.8 Å².